The van der Waals surface area contributed by atoms with Crippen molar-refractivity contribution in [1.29, 1.82) is 0 Å². The van der Waals surface area contributed by atoms with Crippen LogP contribution >= 0.6 is 0 Å². The van der Waals surface area contributed by atoms with Crippen LogP contribution in [0.25, 0.3) is 0 Å². The Labute approximate surface area is 94.7 Å². The lowest BCUT2D eigenvalue weighted by Crippen LogP contribution is -2.02. The Morgan fingerprint density at radius 1 is 1.31 bits per heavy atom. The molecule has 0 amide bonds. The van der Waals surface area contributed by atoms with E-state index in [0.29, 0.717) is 12.4 Å². The van der Waals surface area contributed by atoms with Crippen LogP contribution in [0.15, 0.2) is 30.5 Å². The predicted molar refractivity (Wildman–Crippen MR) is 63.1 cm³/mol. The molecule has 0 aliphatic heterocycles. The second-order valence-corrected chi connectivity index (χ2v) is 3.79. The van der Waals surface area contributed by atoms with E-state index >= 15 is 0 Å². The third kappa shape index (κ3) is 2.34. The number of nitrogens with zero attached hydrogens (tertiary/aromatic N) is 2. The number of hydrogen-bond acceptors (Lipinski definition) is 3. The summed E-state index contributed by atoms with van der Waals surface area (Å²) in [6.45, 7) is 2.47. The van der Waals surface area contributed by atoms with Gasteiger partial charge >= 0.3 is 0 Å². The number of imidazole rings is 1. The zero-order valence-electron chi connectivity index (χ0n) is 9.47. The molecule has 0 spiro atoms. The van der Waals surface area contributed by atoms with Gasteiger partial charge in [0, 0.05) is 13.2 Å². The van der Waals surface area contributed by atoms with Crippen LogP contribution in [0.2, 0.25) is 0 Å². The fourth-order valence-electron chi connectivity index (χ4n) is 1.45. The molecule has 2 rings (SSSR count). The van der Waals surface area contributed by atoms with Gasteiger partial charge in [0.25, 0.3) is 0 Å². The number of benzene rings is 1. The van der Waals surface area contributed by atoms with Crippen LogP contribution in [0.3, 0.4) is 0 Å². The highest BCUT2D eigenvalue weighted by atomic mass is 16.5. The van der Waals surface area contributed by atoms with E-state index in [1.54, 1.807) is 6.20 Å². The average Bonchev–Trinajstić information content (AvgIpc) is 2.57. The van der Waals surface area contributed by atoms with E-state index in [2.05, 4.69) is 4.98 Å². The molecule has 0 atom stereocenters. The monoisotopic (exact) mass is 217 g/mol. The second-order valence-electron chi connectivity index (χ2n) is 3.79. The maximum Gasteiger partial charge on any atom is 0.149 e. The van der Waals surface area contributed by atoms with Crippen molar-refractivity contribution in [3.05, 3.63) is 41.9 Å². The van der Waals surface area contributed by atoms with E-state index < -0.39 is 0 Å². The van der Waals surface area contributed by atoms with Gasteiger partial charge in [0.2, 0.25) is 0 Å². The molecule has 84 valence electrons. The molecule has 0 aliphatic rings. The number of rotatable bonds is 3. The Hall–Kier alpha value is -1.97. The highest BCUT2D eigenvalue weighted by molar-refractivity contribution is 5.27. The first kappa shape index (κ1) is 10.5. The quantitative estimate of drug-likeness (QED) is 0.854. The molecule has 4 nitrogen and oxygen atoms in total. The number of nitrogen functional groups attached to an aromatic ring is 1. The normalized spacial score (nSPS) is 10.4. The summed E-state index contributed by atoms with van der Waals surface area (Å²) in [5.74, 6) is 2.18. The Kier molecular flexibility index (Phi) is 2.81. The Balaban J connectivity index is 2.02. The molecule has 0 saturated heterocycles. The van der Waals surface area contributed by atoms with E-state index in [0.717, 1.165) is 11.6 Å². The molecule has 0 bridgehead atoms. The second kappa shape index (κ2) is 4.26. The lowest BCUT2D eigenvalue weighted by atomic mass is 10.2. The number of ether oxygens (including phenoxy) is 1. The van der Waals surface area contributed by atoms with Crippen molar-refractivity contribution in [2.45, 2.75) is 13.5 Å². The molecule has 16 heavy (non-hydrogen) atoms. The van der Waals surface area contributed by atoms with Crippen molar-refractivity contribution in [1.82, 2.24) is 9.55 Å². The lowest BCUT2D eigenvalue weighted by molar-refractivity contribution is 0.292. The van der Waals surface area contributed by atoms with Crippen molar-refractivity contribution < 1.29 is 4.74 Å². The van der Waals surface area contributed by atoms with Crippen LogP contribution in [0.1, 0.15) is 11.4 Å². The Morgan fingerprint density at radius 2 is 2.00 bits per heavy atom. The molecule has 0 saturated carbocycles. The van der Waals surface area contributed by atoms with Crippen molar-refractivity contribution in [2.75, 3.05) is 5.73 Å². The number of aryl methyl sites for hydroxylation is 2. The van der Waals surface area contributed by atoms with Crippen molar-refractivity contribution >= 4 is 5.82 Å². The predicted octanol–water partition coefficient (Wildman–Crippen LogP) is 1.89. The number of aromatic nitrogens is 2. The molecule has 4 heteroatoms. The van der Waals surface area contributed by atoms with Crippen LogP contribution in [0, 0.1) is 6.92 Å². The summed E-state index contributed by atoms with van der Waals surface area (Å²) in [5.41, 5.74) is 6.80. The number of nitrogens with two attached hydrogens (primary N) is 1. The standard InChI is InChI=1S/C12H15N3O/c1-9-3-5-10(6-4-9)16-8-12-14-11(13)7-15(12)2/h3-7H,8,13H2,1-2H3. The topological polar surface area (TPSA) is 53.1 Å². The molecule has 0 unspecified atom stereocenters. The first-order valence-electron chi connectivity index (χ1n) is 5.12. The minimum atomic E-state index is 0.427. The molecule has 1 aromatic carbocycles. The summed E-state index contributed by atoms with van der Waals surface area (Å²) in [4.78, 5) is 4.16. The first-order valence-corrected chi connectivity index (χ1v) is 5.12. The van der Waals surface area contributed by atoms with Gasteiger partial charge in [-0.1, -0.05) is 17.7 Å². The summed E-state index contributed by atoms with van der Waals surface area (Å²) in [6, 6.07) is 7.92. The molecule has 0 radical (unpaired) electrons. The van der Waals surface area contributed by atoms with Crippen molar-refractivity contribution in [3.8, 4) is 5.75 Å². The zero-order valence-corrected chi connectivity index (χ0v) is 9.47. The summed E-state index contributed by atoms with van der Waals surface area (Å²) >= 11 is 0. The van der Waals surface area contributed by atoms with Crippen LogP contribution in [-0.4, -0.2) is 9.55 Å². The van der Waals surface area contributed by atoms with Crippen LogP contribution in [0.5, 0.6) is 5.75 Å². The summed E-state index contributed by atoms with van der Waals surface area (Å²) in [7, 11) is 1.90. The molecular formula is C12H15N3O. The fourth-order valence-corrected chi connectivity index (χ4v) is 1.45. The summed E-state index contributed by atoms with van der Waals surface area (Å²) in [6.07, 6.45) is 1.77. The van der Waals surface area contributed by atoms with Gasteiger partial charge in [0.15, 0.2) is 0 Å². The molecule has 0 fully saturated rings. The van der Waals surface area contributed by atoms with Gasteiger partial charge in [-0.15, -0.1) is 0 Å². The van der Waals surface area contributed by atoms with Gasteiger partial charge < -0.3 is 15.0 Å². The maximum absolute atomic E-state index is 5.60. The summed E-state index contributed by atoms with van der Waals surface area (Å²) in [5, 5.41) is 0. The first-order chi connectivity index (χ1) is 7.65. The molecule has 2 N–H and O–H groups in total. The van der Waals surface area contributed by atoms with Gasteiger partial charge in [-0.25, -0.2) is 4.98 Å². The van der Waals surface area contributed by atoms with Crippen molar-refractivity contribution in [3.63, 3.8) is 0 Å². The zero-order chi connectivity index (χ0) is 11.5. The number of hydrogen-bond donors (Lipinski definition) is 1. The van der Waals surface area contributed by atoms with Crippen LogP contribution in [-0.2, 0) is 13.7 Å². The highest BCUT2D eigenvalue weighted by Gasteiger charge is 2.03. The molecule has 1 heterocycles. The van der Waals surface area contributed by atoms with Crippen LogP contribution in [0.4, 0.5) is 5.82 Å². The fraction of sp³-hybridized carbons (Fsp3) is 0.250. The largest absolute Gasteiger partial charge is 0.486 e. The minimum absolute atomic E-state index is 0.427. The van der Waals surface area contributed by atoms with Gasteiger partial charge in [-0.3, -0.25) is 0 Å². The Morgan fingerprint density at radius 3 is 2.56 bits per heavy atom. The number of anilines is 1. The smallest absolute Gasteiger partial charge is 0.149 e. The Bertz CT molecular complexity index is 474. The van der Waals surface area contributed by atoms with Crippen LogP contribution < -0.4 is 10.5 Å². The van der Waals surface area contributed by atoms with E-state index in [9.17, 15) is 0 Å². The molecular weight excluding hydrogens is 202 g/mol. The third-order valence-corrected chi connectivity index (χ3v) is 2.38. The van der Waals surface area contributed by atoms with Gasteiger partial charge in [0.1, 0.15) is 24.0 Å². The molecule has 2 aromatic rings. The van der Waals surface area contributed by atoms with E-state index in [1.165, 1.54) is 5.56 Å². The van der Waals surface area contributed by atoms with E-state index in [1.807, 2.05) is 42.8 Å². The highest BCUT2D eigenvalue weighted by Crippen LogP contribution is 2.13. The summed E-state index contributed by atoms with van der Waals surface area (Å²) < 4.78 is 7.47. The third-order valence-electron chi connectivity index (χ3n) is 2.38. The van der Waals surface area contributed by atoms with Gasteiger partial charge in [-0.2, -0.15) is 0 Å². The maximum atomic E-state index is 5.60. The van der Waals surface area contributed by atoms with Gasteiger partial charge in [-0.05, 0) is 19.1 Å². The van der Waals surface area contributed by atoms with Gasteiger partial charge in [0.05, 0.1) is 0 Å². The molecule has 0 aliphatic carbocycles. The SMILES string of the molecule is Cc1ccc(OCc2nc(N)cn2C)cc1. The lowest BCUT2D eigenvalue weighted by Gasteiger charge is -2.05. The van der Waals surface area contributed by atoms with E-state index in [4.69, 9.17) is 10.5 Å². The van der Waals surface area contributed by atoms with E-state index in [-0.39, 0.29) is 0 Å². The minimum Gasteiger partial charge on any atom is -0.486 e. The average molecular weight is 217 g/mol. The van der Waals surface area contributed by atoms with Crippen molar-refractivity contribution in [2.24, 2.45) is 7.05 Å². The molecule has 1 aromatic heterocycles.